The van der Waals surface area contributed by atoms with Gasteiger partial charge in [-0.05, 0) is 42.2 Å². The lowest BCUT2D eigenvalue weighted by Gasteiger charge is -2.06. The highest BCUT2D eigenvalue weighted by Gasteiger charge is 2.31. The first-order valence-electron chi connectivity index (χ1n) is 6.76. The molecule has 0 radical (unpaired) electrons. The van der Waals surface area contributed by atoms with E-state index in [1.807, 2.05) is 30.5 Å². The van der Waals surface area contributed by atoms with Crippen LogP contribution < -0.4 is 0 Å². The largest absolute Gasteiger partial charge is 0.416 e. The molecule has 0 saturated heterocycles. The Kier molecular flexibility index (Phi) is 3.93. The Hall–Kier alpha value is -2.21. The molecule has 3 rings (SSSR count). The van der Waals surface area contributed by atoms with E-state index in [0.717, 1.165) is 22.6 Å². The van der Waals surface area contributed by atoms with Gasteiger partial charge >= 0.3 is 6.18 Å². The summed E-state index contributed by atoms with van der Waals surface area (Å²) in [5.41, 5.74) is 1.26. The second-order valence-corrected chi connectivity index (χ2v) is 5.90. The summed E-state index contributed by atoms with van der Waals surface area (Å²) < 4.78 is 38.6. The van der Waals surface area contributed by atoms with E-state index >= 15 is 0 Å². The first-order valence-corrected chi connectivity index (χ1v) is 7.99. The third-order valence-corrected chi connectivity index (χ3v) is 4.41. The molecule has 2 aromatic carbocycles. The molecule has 0 unspecified atom stereocenters. The highest BCUT2D eigenvalue weighted by Crippen LogP contribution is 2.35. The molecule has 0 bridgehead atoms. The van der Waals surface area contributed by atoms with Crippen molar-refractivity contribution in [2.24, 2.45) is 0 Å². The molecule has 0 aliphatic carbocycles. The standard InChI is InChI=1S/C17H12F3NOS/c1-23-12-5-2-10(3-6-12)16-14(9-22)13-8-11(17(18,19)20)4-7-15(13)21-16/h2-9,21H,1H3. The number of carbonyl (C=O) groups excluding carboxylic acids is 1. The van der Waals surface area contributed by atoms with Crippen LogP contribution in [0.25, 0.3) is 22.2 Å². The molecule has 1 N–H and O–H groups in total. The van der Waals surface area contributed by atoms with Crippen LogP contribution in [0.1, 0.15) is 15.9 Å². The van der Waals surface area contributed by atoms with E-state index < -0.39 is 11.7 Å². The summed E-state index contributed by atoms with van der Waals surface area (Å²) in [6.45, 7) is 0. The molecule has 118 valence electrons. The summed E-state index contributed by atoms with van der Waals surface area (Å²) in [6, 6.07) is 10.9. The van der Waals surface area contributed by atoms with E-state index in [4.69, 9.17) is 0 Å². The summed E-state index contributed by atoms with van der Waals surface area (Å²) in [5.74, 6) is 0. The van der Waals surface area contributed by atoms with Gasteiger partial charge in [-0.1, -0.05) is 12.1 Å². The predicted molar refractivity (Wildman–Crippen MR) is 85.9 cm³/mol. The van der Waals surface area contributed by atoms with Gasteiger partial charge in [0.25, 0.3) is 0 Å². The summed E-state index contributed by atoms with van der Waals surface area (Å²) in [5, 5.41) is 0.277. The highest BCUT2D eigenvalue weighted by atomic mass is 32.2. The zero-order valence-electron chi connectivity index (χ0n) is 12.1. The monoisotopic (exact) mass is 335 g/mol. The lowest BCUT2D eigenvalue weighted by Crippen LogP contribution is -2.04. The lowest BCUT2D eigenvalue weighted by molar-refractivity contribution is -0.137. The smallest absolute Gasteiger partial charge is 0.354 e. The van der Waals surface area contributed by atoms with Crippen LogP contribution in [-0.4, -0.2) is 17.5 Å². The molecule has 0 aliphatic heterocycles. The van der Waals surface area contributed by atoms with Crippen LogP contribution in [0.15, 0.2) is 47.4 Å². The first-order chi connectivity index (χ1) is 10.9. The zero-order valence-corrected chi connectivity index (χ0v) is 12.9. The fourth-order valence-electron chi connectivity index (χ4n) is 2.50. The number of aromatic amines is 1. The second-order valence-electron chi connectivity index (χ2n) is 5.02. The second kappa shape index (κ2) is 5.77. The van der Waals surface area contributed by atoms with E-state index in [2.05, 4.69) is 4.98 Å². The van der Waals surface area contributed by atoms with Crippen LogP contribution in [0.2, 0.25) is 0 Å². The number of nitrogens with one attached hydrogen (secondary N) is 1. The maximum Gasteiger partial charge on any atom is 0.416 e. The third-order valence-electron chi connectivity index (χ3n) is 3.66. The first kappa shape index (κ1) is 15.7. The molecule has 2 nitrogen and oxygen atoms in total. The van der Waals surface area contributed by atoms with Crippen molar-refractivity contribution in [2.45, 2.75) is 11.1 Å². The van der Waals surface area contributed by atoms with Crippen molar-refractivity contribution < 1.29 is 18.0 Å². The number of halogens is 3. The molecule has 6 heteroatoms. The number of thioether (sulfide) groups is 1. The fraction of sp³-hybridized carbons (Fsp3) is 0.118. The molecule has 1 heterocycles. The number of hydrogen-bond acceptors (Lipinski definition) is 2. The Morgan fingerprint density at radius 1 is 1.09 bits per heavy atom. The quantitative estimate of drug-likeness (QED) is 0.514. The number of fused-ring (bicyclic) bond motifs is 1. The van der Waals surface area contributed by atoms with Crippen molar-refractivity contribution >= 4 is 29.0 Å². The predicted octanol–water partition coefficient (Wildman–Crippen LogP) is 5.39. The van der Waals surface area contributed by atoms with Gasteiger partial charge in [-0.15, -0.1) is 11.8 Å². The van der Waals surface area contributed by atoms with Gasteiger partial charge < -0.3 is 4.98 Å². The van der Waals surface area contributed by atoms with Crippen LogP contribution in [0, 0.1) is 0 Å². The molecule has 0 atom stereocenters. The van der Waals surface area contributed by atoms with Gasteiger partial charge in [-0.25, -0.2) is 0 Å². The molecular formula is C17H12F3NOS. The van der Waals surface area contributed by atoms with Crippen molar-refractivity contribution in [1.82, 2.24) is 4.98 Å². The number of aromatic nitrogens is 1. The highest BCUT2D eigenvalue weighted by molar-refractivity contribution is 7.98. The van der Waals surface area contributed by atoms with Crippen LogP contribution >= 0.6 is 11.8 Å². The minimum atomic E-state index is -4.44. The molecule has 0 aliphatic rings. The van der Waals surface area contributed by atoms with Crippen LogP contribution in [0.4, 0.5) is 13.2 Å². The van der Waals surface area contributed by atoms with E-state index in [1.165, 1.54) is 6.07 Å². The summed E-state index contributed by atoms with van der Waals surface area (Å²) in [7, 11) is 0. The van der Waals surface area contributed by atoms with Crippen molar-refractivity contribution in [3.05, 3.63) is 53.6 Å². The van der Waals surface area contributed by atoms with Gasteiger partial charge in [0.05, 0.1) is 11.3 Å². The van der Waals surface area contributed by atoms with E-state index in [1.54, 1.807) is 11.8 Å². The number of rotatable bonds is 3. The zero-order chi connectivity index (χ0) is 16.6. The minimum Gasteiger partial charge on any atom is -0.354 e. The molecule has 1 aromatic heterocycles. The maximum absolute atomic E-state index is 12.9. The van der Waals surface area contributed by atoms with Crippen molar-refractivity contribution in [2.75, 3.05) is 6.26 Å². The van der Waals surface area contributed by atoms with Gasteiger partial charge in [-0.2, -0.15) is 13.2 Å². The third kappa shape index (κ3) is 2.86. The van der Waals surface area contributed by atoms with E-state index in [9.17, 15) is 18.0 Å². The molecular weight excluding hydrogens is 323 g/mol. The topological polar surface area (TPSA) is 32.9 Å². The average molecular weight is 335 g/mol. The molecule has 0 fully saturated rings. The summed E-state index contributed by atoms with van der Waals surface area (Å²) in [4.78, 5) is 15.6. The van der Waals surface area contributed by atoms with Crippen molar-refractivity contribution in [3.63, 3.8) is 0 Å². The maximum atomic E-state index is 12.9. The Morgan fingerprint density at radius 2 is 1.78 bits per heavy atom. The van der Waals surface area contributed by atoms with Gasteiger partial charge in [0.1, 0.15) is 0 Å². The summed E-state index contributed by atoms with van der Waals surface area (Å²) in [6.07, 6.45) is -1.89. The Labute approximate surface area is 134 Å². The van der Waals surface area contributed by atoms with E-state index in [-0.39, 0.29) is 10.9 Å². The number of alkyl halides is 3. The van der Waals surface area contributed by atoms with Crippen LogP contribution in [0.5, 0.6) is 0 Å². The SMILES string of the molecule is CSc1ccc(-c2[nH]c3ccc(C(F)(F)F)cc3c2C=O)cc1. The average Bonchev–Trinajstić information content (AvgIpc) is 2.91. The van der Waals surface area contributed by atoms with Gasteiger partial charge in [-0.3, -0.25) is 4.79 Å². The van der Waals surface area contributed by atoms with Crippen LogP contribution in [0.3, 0.4) is 0 Å². The summed E-state index contributed by atoms with van der Waals surface area (Å²) >= 11 is 1.59. The van der Waals surface area contributed by atoms with Crippen LogP contribution in [-0.2, 0) is 6.18 Å². The Balaban J connectivity index is 2.19. The number of benzene rings is 2. The van der Waals surface area contributed by atoms with Gasteiger partial charge in [0, 0.05) is 21.4 Å². The molecule has 0 saturated carbocycles. The van der Waals surface area contributed by atoms with Crippen molar-refractivity contribution in [3.8, 4) is 11.3 Å². The number of aldehydes is 1. The Morgan fingerprint density at radius 3 is 2.35 bits per heavy atom. The molecule has 3 aromatic rings. The molecule has 23 heavy (non-hydrogen) atoms. The van der Waals surface area contributed by atoms with Gasteiger partial charge in [0.15, 0.2) is 6.29 Å². The Bertz CT molecular complexity index is 866. The fourth-order valence-corrected chi connectivity index (χ4v) is 2.91. The number of H-pyrrole nitrogens is 1. The lowest BCUT2D eigenvalue weighted by atomic mass is 10.0. The van der Waals surface area contributed by atoms with Crippen molar-refractivity contribution in [1.29, 1.82) is 0 Å². The van der Waals surface area contributed by atoms with Gasteiger partial charge in [0.2, 0.25) is 0 Å². The van der Waals surface area contributed by atoms with E-state index in [0.29, 0.717) is 17.5 Å². The number of carbonyl (C=O) groups is 1. The molecule has 0 amide bonds. The minimum absolute atomic E-state index is 0.239. The number of hydrogen-bond donors (Lipinski definition) is 1. The molecule has 0 spiro atoms. The normalized spacial score (nSPS) is 11.8.